The van der Waals surface area contributed by atoms with Gasteiger partial charge in [-0.2, -0.15) is 0 Å². The number of hydrogen-bond acceptors (Lipinski definition) is 3. The Hall–Kier alpha value is -1.55. The van der Waals surface area contributed by atoms with E-state index in [1.165, 1.54) is 5.56 Å². The molecule has 2 rings (SSSR count). The molecule has 4 heteroatoms. The molecule has 2 atom stereocenters. The van der Waals surface area contributed by atoms with Crippen molar-refractivity contribution < 1.29 is 9.53 Å². The number of hydrogen-bond donors (Lipinski definition) is 2. The summed E-state index contributed by atoms with van der Waals surface area (Å²) in [6, 6.07) is 7.73. The quantitative estimate of drug-likeness (QED) is 0.747. The number of anilines is 1. The number of amides is 1. The molecule has 3 N–H and O–H groups in total. The van der Waals surface area contributed by atoms with E-state index >= 15 is 0 Å². The Morgan fingerprint density at radius 2 is 2.17 bits per heavy atom. The maximum absolute atomic E-state index is 11.7. The summed E-state index contributed by atoms with van der Waals surface area (Å²) in [5.41, 5.74) is 7.56. The number of carbonyl (C=O) groups excluding carboxylic acids is 1. The number of carbonyl (C=O) groups is 1. The van der Waals surface area contributed by atoms with Gasteiger partial charge in [0.1, 0.15) is 0 Å². The van der Waals surface area contributed by atoms with Crippen LogP contribution < -0.4 is 11.1 Å². The Kier molecular flexibility index (Phi) is 4.20. The van der Waals surface area contributed by atoms with Crippen molar-refractivity contribution in [2.75, 3.05) is 18.9 Å². The summed E-state index contributed by atoms with van der Waals surface area (Å²) < 4.78 is 5.39. The van der Waals surface area contributed by atoms with Crippen molar-refractivity contribution in [1.29, 1.82) is 0 Å². The molecule has 0 saturated heterocycles. The first kappa shape index (κ1) is 12.9. The number of nitrogens with two attached hydrogens (primary N) is 1. The number of nitrogen functional groups attached to an aromatic ring is 1. The van der Waals surface area contributed by atoms with Crippen molar-refractivity contribution in [3.8, 4) is 0 Å². The molecule has 2 unspecified atom stereocenters. The molecule has 0 bridgehead atoms. The molecule has 0 aromatic heterocycles. The zero-order valence-electron chi connectivity index (χ0n) is 10.7. The Bertz CT molecular complexity index is 403. The molecule has 1 aliphatic carbocycles. The normalized spacial score (nSPS) is 21.6. The second kappa shape index (κ2) is 5.87. The van der Waals surface area contributed by atoms with Crippen molar-refractivity contribution in [2.24, 2.45) is 5.92 Å². The van der Waals surface area contributed by atoms with Crippen LogP contribution in [0, 0.1) is 5.92 Å². The van der Waals surface area contributed by atoms with E-state index in [1.807, 2.05) is 31.2 Å². The molecule has 18 heavy (non-hydrogen) atoms. The Labute approximate surface area is 108 Å². The van der Waals surface area contributed by atoms with Crippen molar-refractivity contribution in [3.05, 3.63) is 29.8 Å². The molecule has 1 amide bonds. The second-order valence-electron chi connectivity index (χ2n) is 4.62. The van der Waals surface area contributed by atoms with Crippen LogP contribution in [0.2, 0.25) is 0 Å². The highest BCUT2D eigenvalue weighted by molar-refractivity contribution is 5.82. The zero-order chi connectivity index (χ0) is 13.0. The molecule has 1 aromatic rings. The van der Waals surface area contributed by atoms with Crippen molar-refractivity contribution in [3.63, 3.8) is 0 Å². The summed E-state index contributed by atoms with van der Waals surface area (Å²) in [6.45, 7) is 3.30. The minimum absolute atomic E-state index is 0.0661. The SMILES string of the molecule is CCOC1CC1C(=O)NCCc1ccc(N)cc1. The minimum Gasteiger partial charge on any atom is -0.399 e. The van der Waals surface area contributed by atoms with Crippen LogP contribution in [-0.4, -0.2) is 25.2 Å². The van der Waals surface area contributed by atoms with Gasteiger partial charge in [0.15, 0.2) is 0 Å². The average Bonchev–Trinajstić information content (AvgIpc) is 3.11. The van der Waals surface area contributed by atoms with Gasteiger partial charge < -0.3 is 15.8 Å². The van der Waals surface area contributed by atoms with Gasteiger partial charge in [-0.15, -0.1) is 0 Å². The monoisotopic (exact) mass is 248 g/mol. The third kappa shape index (κ3) is 3.47. The summed E-state index contributed by atoms with van der Waals surface area (Å²) in [6.07, 6.45) is 1.84. The predicted octanol–water partition coefficient (Wildman–Crippen LogP) is 1.35. The fraction of sp³-hybridized carbons (Fsp3) is 0.500. The fourth-order valence-corrected chi connectivity index (χ4v) is 1.99. The van der Waals surface area contributed by atoms with E-state index in [2.05, 4.69) is 5.32 Å². The molecular weight excluding hydrogens is 228 g/mol. The summed E-state index contributed by atoms with van der Waals surface area (Å²) in [4.78, 5) is 11.7. The average molecular weight is 248 g/mol. The van der Waals surface area contributed by atoms with Gasteiger partial charge in [0.05, 0.1) is 12.0 Å². The highest BCUT2D eigenvalue weighted by atomic mass is 16.5. The third-order valence-corrected chi connectivity index (χ3v) is 3.14. The number of ether oxygens (including phenoxy) is 1. The first-order chi connectivity index (χ1) is 8.70. The largest absolute Gasteiger partial charge is 0.399 e. The molecule has 4 nitrogen and oxygen atoms in total. The smallest absolute Gasteiger partial charge is 0.225 e. The number of rotatable bonds is 6. The molecule has 1 aliphatic rings. The predicted molar refractivity (Wildman–Crippen MR) is 71.1 cm³/mol. The standard InChI is InChI=1S/C14H20N2O2/c1-2-18-13-9-12(13)14(17)16-8-7-10-3-5-11(15)6-4-10/h3-6,12-13H,2,7-9,15H2,1H3,(H,16,17). The number of nitrogens with one attached hydrogen (secondary N) is 1. The fourth-order valence-electron chi connectivity index (χ4n) is 1.99. The third-order valence-electron chi connectivity index (χ3n) is 3.14. The second-order valence-corrected chi connectivity index (χ2v) is 4.62. The topological polar surface area (TPSA) is 64.3 Å². The van der Waals surface area contributed by atoms with Crippen molar-refractivity contribution in [1.82, 2.24) is 5.32 Å². The van der Waals surface area contributed by atoms with Crippen LogP contribution in [0.1, 0.15) is 18.9 Å². The van der Waals surface area contributed by atoms with Crippen LogP contribution in [0.25, 0.3) is 0 Å². The minimum atomic E-state index is 0.0661. The first-order valence-electron chi connectivity index (χ1n) is 6.44. The van der Waals surface area contributed by atoms with E-state index in [9.17, 15) is 4.79 Å². The van der Waals surface area contributed by atoms with Crippen LogP contribution in [0.4, 0.5) is 5.69 Å². The highest BCUT2D eigenvalue weighted by Gasteiger charge is 2.43. The maximum Gasteiger partial charge on any atom is 0.225 e. The lowest BCUT2D eigenvalue weighted by molar-refractivity contribution is -0.123. The van der Waals surface area contributed by atoms with Gasteiger partial charge in [-0.1, -0.05) is 12.1 Å². The molecule has 1 aromatic carbocycles. The summed E-state index contributed by atoms with van der Waals surface area (Å²) in [5, 5.41) is 2.95. The molecule has 0 heterocycles. The van der Waals surface area contributed by atoms with E-state index in [1.54, 1.807) is 0 Å². The van der Waals surface area contributed by atoms with E-state index in [4.69, 9.17) is 10.5 Å². The van der Waals surface area contributed by atoms with Gasteiger partial charge in [0.2, 0.25) is 5.91 Å². The molecule has 98 valence electrons. The molecule has 1 saturated carbocycles. The van der Waals surface area contributed by atoms with Gasteiger partial charge in [-0.25, -0.2) is 0 Å². The van der Waals surface area contributed by atoms with Gasteiger partial charge in [0.25, 0.3) is 0 Å². The lowest BCUT2D eigenvalue weighted by Crippen LogP contribution is -2.28. The van der Waals surface area contributed by atoms with Gasteiger partial charge in [-0.05, 0) is 37.5 Å². The molecule has 0 radical (unpaired) electrons. The summed E-state index contributed by atoms with van der Waals surface area (Å²) in [7, 11) is 0. The zero-order valence-corrected chi connectivity index (χ0v) is 10.7. The Morgan fingerprint density at radius 1 is 1.44 bits per heavy atom. The van der Waals surface area contributed by atoms with E-state index in [0.29, 0.717) is 13.2 Å². The van der Waals surface area contributed by atoms with Crippen LogP contribution in [0.5, 0.6) is 0 Å². The van der Waals surface area contributed by atoms with Crippen LogP contribution in [0.3, 0.4) is 0 Å². The molecule has 0 spiro atoms. The molecule has 0 aliphatic heterocycles. The van der Waals surface area contributed by atoms with Gasteiger partial charge in [-0.3, -0.25) is 4.79 Å². The first-order valence-corrected chi connectivity index (χ1v) is 6.44. The van der Waals surface area contributed by atoms with E-state index in [0.717, 1.165) is 18.5 Å². The maximum atomic E-state index is 11.7. The Morgan fingerprint density at radius 3 is 2.83 bits per heavy atom. The number of benzene rings is 1. The van der Waals surface area contributed by atoms with Crippen LogP contribution >= 0.6 is 0 Å². The lowest BCUT2D eigenvalue weighted by atomic mass is 10.1. The van der Waals surface area contributed by atoms with Crippen LogP contribution in [-0.2, 0) is 16.0 Å². The Balaban J connectivity index is 1.67. The van der Waals surface area contributed by atoms with Crippen molar-refractivity contribution in [2.45, 2.75) is 25.9 Å². The van der Waals surface area contributed by atoms with Crippen LogP contribution in [0.15, 0.2) is 24.3 Å². The lowest BCUT2D eigenvalue weighted by Gasteiger charge is -2.05. The summed E-state index contributed by atoms with van der Waals surface area (Å²) >= 11 is 0. The van der Waals surface area contributed by atoms with E-state index in [-0.39, 0.29) is 17.9 Å². The van der Waals surface area contributed by atoms with Gasteiger partial charge >= 0.3 is 0 Å². The van der Waals surface area contributed by atoms with Gasteiger partial charge in [0, 0.05) is 18.8 Å². The summed E-state index contributed by atoms with van der Waals surface area (Å²) in [5.74, 6) is 0.181. The van der Waals surface area contributed by atoms with E-state index < -0.39 is 0 Å². The molecule has 1 fully saturated rings. The highest BCUT2D eigenvalue weighted by Crippen LogP contribution is 2.33. The molecular formula is C14H20N2O2. The van der Waals surface area contributed by atoms with Crippen molar-refractivity contribution >= 4 is 11.6 Å².